The molecule has 2 aromatic rings. The van der Waals surface area contributed by atoms with Crippen molar-refractivity contribution in [3.05, 3.63) is 35.2 Å². The highest BCUT2D eigenvalue weighted by atomic mass is 35.5. The molecule has 0 aliphatic carbocycles. The van der Waals surface area contributed by atoms with Crippen molar-refractivity contribution < 1.29 is 27.6 Å². The molecule has 2 N–H and O–H groups in total. The van der Waals surface area contributed by atoms with E-state index in [0.29, 0.717) is 16.7 Å². The number of nitrogens with one attached hydrogen (secondary N) is 1. The molecule has 1 unspecified atom stereocenters. The number of alkyl halides is 3. The Bertz CT molecular complexity index is 731. The number of aliphatic carboxylic acids is 1. The van der Waals surface area contributed by atoms with Crippen molar-refractivity contribution in [2.75, 3.05) is 13.1 Å². The van der Waals surface area contributed by atoms with Crippen LogP contribution in [0.3, 0.4) is 0 Å². The summed E-state index contributed by atoms with van der Waals surface area (Å²) < 4.78 is 37.0. The van der Waals surface area contributed by atoms with Crippen LogP contribution in [0.25, 0.3) is 11.4 Å². The quantitative estimate of drug-likeness (QED) is 0.828. The number of hydrogen-bond acceptors (Lipinski definition) is 5. The van der Waals surface area contributed by atoms with Crippen LogP contribution in [0.4, 0.5) is 13.2 Å². The Morgan fingerprint density at radius 2 is 2.15 bits per heavy atom. The Morgan fingerprint density at radius 3 is 2.73 bits per heavy atom. The predicted octanol–water partition coefficient (Wildman–Crippen LogP) is 3.57. The van der Waals surface area contributed by atoms with Gasteiger partial charge in [-0.15, -0.1) is 0 Å². The average molecular weight is 392 g/mol. The van der Waals surface area contributed by atoms with E-state index in [1.807, 2.05) is 24.3 Å². The molecular weight excluding hydrogens is 375 g/mol. The molecule has 1 aromatic heterocycles. The zero-order valence-corrected chi connectivity index (χ0v) is 14.3. The molecule has 6 nitrogen and oxygen atoms in total. The third kappa shape index (κ3) is 6.30. The van der Waals surface area contributed by atoms with Gasteiger partial charge in [0.15, 0.2) is 0 Å². The number of carbonyl (C=O) groups is 1. The van der Waals surface area contributed by atoms with E-state index >= 15 is 0 Å². The normalized spacial score (nSPS) is 16.8. The van der Waals surface area contributed by atoms with Gasteiger partial charge in [0.25, 0.3) is 0 Å². The van der Waals surface area contributed by atoms with Gasteiger partial charge < -0.3 is 14.9 Å². The summed E-state index contributed by atoms with van der Waals surface area (Å²) in [6.07, 6.45) is -1.89. The molecule has 1 aromatic carbocycles. The molecule has 142 valence electrons. The van der Waals surface area contributed by atoms with Crippen molar-refractivity contribution in [2.45, 2.75) is 25.4 Å². The average Bonchev–Trinajstić information content (AvgIpc) is 3.24. The summed E-state index contributed by atoms with van der Waals surface area (Å²) in [6, 6.07) is 7.50. The van der Waals surface area contributed by atoms with Gasteiger partial charge in [0, 0.05) is 17.0 Å². The zero-order chi connectivity index (χ0) is 19.2. The molecule has 1 atom stereocenters. The third-order valence-corrected chi connectivity index (χ3v) is 3.96. The monoisotopic (exact) mass is 391 g/mol. The summed E-state index contributed by atoms with van der Waals surface area (Å²) in [5, 5.41) is 15.2. The van der Waals surface area contributed by atoms with Crippen molar-refractivity contribution >= 4 is 17.6 Å². The largest absolute Gasteiger partial charge is 0.490 e. The highest BCUT2D eigenvalue weighted by Crippen LogP contribution is 2.21. The van der Waals surface area contributed by atoms with Crippen molar-refractivity contribution in [1.29, 1.82) is 0 Å². The fraction of sp³-hybridized carbons (Fsp3) is 0.438. The molecule has 26 heavy (non-hydrogen) atoms. The molecule has 1 aliphatic rings. The SMILES string of the molecule is Clc1cccc(-c2noc(CCC3CCNC3)n2)c1.O=C(O)C(F)(F)F. The highest BCUT2D eigenvalue weighted by molar-refractivity contribution is 6.30. The number of carboxylic acid groups (broad SMARTS) is 1. The van der Waals surface area contributed by atoms with Gasteiger partial charge in [-0.1, -0.05) is 28.9 Å². The standard InChI is InChI=1S/C14H16ClN3O.C2HF3O2/c15-12-3-1-2-11(8-12)14-17-13(19-18-14)5-4-10-6-7-16-9-10;3-2(4,5)1(6)7/h1-3,8,10,16H,4-7,9H2;(H,6,7). The van der Waals surface area contributed by atoms with Crippen LogP contribution < -0.4 is 5.32 Å². The lowest BCUT2D eigenvalue weighted by atomic mass is 10.0. The third-order valence-electron chi connectivity index (χ3n) is 3.72. The van der Waals surface area contributed by atoms with Crippen molar-refractivity contribution in [2.24, 2.45) is 5.92 Å². The summed E-state index contributed by atoms with van der Waals surface area (Å²) in [6.45, 7) is 2.23. The van der Waals surface area contributed by atoms with E-state index in [9.17, 15) is 13.2 Å². The van der Waals surface area contributed by atoms with Gasteiger partial charge in [0.2, 0.25) is 11.7 Å². The number of benzene rings is 1. The number of halogens is 4. The second-order valence-electron chi connectivity index (χ2n) is 5.72. The molecule has 1 saturated heterocycles. The zero-order valence-electron chi connectivity index (χ0n) is 13.6. The van der Waals surface area contributed by atoms with Gasteiger partial charge in [-0.25, -0.2) is 4.79 Å². The van der Waals surface area contributed by atoms with E-state index in [2.05, 4.69) is 15.5 Å². The molecule has 10 heteroatoms. The van der Waals surface area contributed by atoms with Crippen molar-refractivity contribution in [3.8, 4) is 11.4 Å². The minimum absolute atomic E-state index is 0.613. The topological polar surface area (TPSA) is 88.3 Å². The van der Waals surface area contributed by atoms with E-state index in [-0.39, 0.29) is 0 Å². The van der Waals surface area contributed by atoms with E-state index in [1.165, 1.54) is 6.42 Å². The van der Waals surface area contributed by atoms with Crippen LogP contribution in [0.15, 0.2) is 28.8 Å². The summed E-state index contributed by atoms with van der Waals surface area (Å²) in [5.74, 6) is -0.696. The number of hydrogen-bond donors (Lipinski definition) is 2. The smallest absolute Gasteiger partial charge is 0.475 e. The van der Waals surface area contributed by atoms with Crippen molar-refractivity contribution in [1.82, 2.24) is 15.5 Å². The molecule has 2 heterocycles. The number of aryl methyl sites for hydroxylation is 1. The van der Waals surface area contributed by atoms with Gasteiger partial charge in [-0.2, -0.15) is 18.2 Å². The lowest BCUT2D eigenvalue weighted by Gasteiger charge is -2.03. The van der Waals surface area contributed by atoms with Gasteiger partial charge in [-0.05, 0) is 44.0 Å². The van der Waals surface area contributed by atoms with E-state index in [1.54, 1.807) is 0 Å². The van der Waals surface area contributed by atoms with E-state index < -0.39 is 12.1 Å². The maximum absolute atomic E-state index is 10.6. The van der Waals surface area contributed by atoms with Gasteiger partial charge in [0.1, 0.15) is 0 Å². The second-order valence-corrected chi connectivity index (χ2v) is 6.16. The highest BCUT2D eigenvalue weighted by Gasteiger charge is 2.38. The molecule has 0 spiro atoms. The van der Waals surface area contributed by atoms with Crippen LogP contribution in [-0.4, -0.2) is 40.5 Å². The molecule has 1 aliphatic heterocycles. The Labute approximate surface area is 152 Å². The van der Waals surface area contributed by atoms with Crippen molar-refractivity contribution in [3.63, 3.8) is 0 Å². The molecule has 3 rings (SSSR count). The first-order valence-electron chi connectivity index (χ1n) is 7.85. The molecule has 0 bridgehead atoms. The molecule has 0 radical (unpaired) electrons. The van der Waals surface area contributed by atoms with Crippen LogP contribution in [-0.2, 0) is 11.2 Å². The summed E-state index contributed by atoms with van der Waals surface area (Å²) in [5.41, 5.74) is 0.894. The Balaban J connectivity index is 0.000000298. The van der Waals surface area contributed by atoms with E-state index in [0.717, 1.165) is 37.4 Å². The molecule has 0 amide bonds. The van der Waals surface area contributed by atoms with Gasteiger partial charge >= 0.3 is 12.1 Å². The van der Waals surface area contributed by atoms with Gasteiger partial charge in [-0.3, -0.25) is 0 Å². The maximum atomic E-state index is 10.6. The first-order valence-corrected chi connectivity index (χ1v) is 8.23. The van der Waals surface area contributed by atoms with Crippen LogP contribution in [0.5, 0.6) is 0 Å². The lowest BCUT2D eigenvalue weighted by molar-refractivity contribution is -0.192. The minimum atomic E-state index is -5.08. The predicted molar refractivity (Wildman–Crippen MR) is 87.7 cm³/mol. The fourth-order valence-electron chi connectivity index (χ4n) is 2.39. The first kappa shape index (κ1) is 20.2. The summed E-state index contributed by atoms with van der Waals surface area (Å²) in [4.78, 5) is 13.3. The number of aromatic nitrogens is 2. The Kier molecular flexibility index (Phi) is 6.98. The van der Waals surface area contributed by atoms with Crippen LogP contribution >= 0.6 is 11.6 Å². The minimum Gasteiger partial charge on any atom is -0.475 e. The molecular formula is C16H17ClF3N3O3. The first-order chi connectivity index (χ1) is 12.3. The fourth-order valence-corrected chi connectivity index (χ4v) is 2.58. The molecule has 0 saturated carbocycles. The van der Waals surface area contributed by atoms with Crippen LogP contribution in [0.1, 0.15) is 18.7 Å². The lowest BCUT2D eigenvalue weighted by Crippen LogP contribution is -2.21. The van der Waals surface area contributed by atoms with Crippen LogP contribution in [0, 0.1) is 5.92 Å². The maximum Gasteiger partial charge on any atom is 0.490 e. The number of nitrogens with zero attached hydrogens (tertiary/aromatic N) is 2. The summed E-state index contributed by atoms with van der Waals surface area (Å²) in [7, 11) is 0. The number of rotatable bonds is 4. The van der Waals surface area contributed by atoms with E-state index in [4.69, 9.17) is 26.0 Å². The number of carboxylic acids is 1. The second kappa shape index (κ2) is 9.00. The van der Waals surface area contributed by atoms with Gasteiger partial charge in [0.05, 0.1) is 0 Å². The molecule has 1 fully saturated rings. The Morgan fingerprint density at radius 1 is 1.42 bits per heavy atom. The summed E-state index contributed by atoms with van der Waals surface area (Å²) >= 11 is 5.96. The van der Waals surface area contributed by atoms with Crippen LogP contribution in [0.2, 0.25) is 5.02 Å². The Hall–Kier alpha value is -2.13.